The van der Waals surface area contributed by atoms with E-state index in [2.05, 4.69) is 28.6 Å². The lowest BCUT2D eigenvalue weighted by Gasteiger charge is -2.32. The molecule has 1 saturated heterocycles. The molecule has 48 heavy (non-hydrogen) atoms. The number of hydrogen-bond donors (Lipinski definition) is 2. The first-order chi connectivity index (χ1) is 22.3. The maximum Gasteiger partial charge on any atom is 0.498 e. The Labute approximate surface area is 273 Å². The molecular weight excluding hydrogens is 643 g/mol. The third-order valence-electron chi connectivity index (χ3n) is 7.57. The molecule has 0 bridgehead atoms. The van der Waals surface area contributed by atoms with Crippen molar-refractivity contribution in [1.82, 2.24) is 20.1 Å². The number of pyridine rings is 1. The van der Waals surface area contributed by atoms with Crippen LogP contribution < -0.4 is 16.5 Å². The van der Waals surface area contributed by atoms with Gasteiger partial charge in [-0.05, 0) is 69.5 Å². The van der Waals surface area contributed by atoms with Crippen molar-refractivity contribution in [1.29, 1.82) is 0 Å². The largest absolute Gasteiger partial charge is 0.498 e. The third kappa shape index (κ3) is 9.22. The van der Waals surface area contributed by atoms with Crippen LogP contribution in [0.15, 0.2) is 91.1 Å². The molecule has 3 heterocycles. The van der Waals surface area contributed by atoms with Crippen molar-refractivity contribution in [3.05, 3.63) is 108 Å². The maximum absolute atomic E-state index is 14.2. The van der Waals surface area contributed by atoms with Gasteiger partial charge in [0.05, 0.1) is 34.8 Å². The zero-order chi connectivity index (χ0) is 36.0. The lowest BCUT2D eigenvalue weighted by molar-refractivity contribution is -0.141. The predicted octanol–water partition coefficient (Wildman–Crippen LogP) is 5.64. The summed E-state index contributed by atoms with van der Waals surface area (Å²) in [5.41, 5.74) is 1.55. The number of alkyl halides is 3. The Balaban J connectivity index is 1.99. The van der Waals surface area contributed by atoms with E-state index < -0.39 is 77.3 Å². The summed E-state index contributed by atoms with van der Waals surface area (Å²) in [7, 11) is -1.42. The fraction of sp³-hybridized carbons (Fsp3) is 0.312. The van der Waals surface area contributed by atoms with E-state index in [9.17, 15) is 35.9 Å². The van der Waals surface area contributed by atoms with Crippen LogP contribution in [0.2, 0.25) is 0 Å². The number of amides is 2. The lowest BCUT2D eigenvalue weighted by Crippen LogP contribution is -2.41. The Morgan fingerprint density at radius 3 is 2.38 bits per heavy atom. The molecule has 1 atom stereocenters. The summed E-state index contributed by atoms with van der Waals surface area (Å²) in [6.07, 6.45) is 1.78. The van der Waals surface area contributed by atoms with Crippen molar-refractivity contribution >= 4 is 30.5 Å². The summed E-state index contributed by atoms with van der Waals surface area (Å²) in [6, 6.07) is 1.89. The van der Waals surface area contributed by atoms with Crippen LogP contribution in [-0.4, -0.2) is 44.9 Å². The molecule has 0 radical (unpaired) electrons. The molecule has 2 aromatic rings. The Morgan fingerprint density at radius 2 is 1.81 bits per heavy atom. The van der Waals surface area contributed by atoms with Gasteiger partial charge in [0.25, 0.3) is 5.91 Å². The molecule has 2 amide bonds. The van der Waals surface area contributed by atoms with Crippen LogP contribution in [0.3, 0.4) is 0 Å². The predicted molar refractivity (Wildman–Crippen MR) is 168 cm³/mol. The van der Waals surface area contributed by atoms with Gasteiger partial charge in [-0.1, -0.05) is 25.3 Å². The molecule has 16 heteroatoms. The number of nitrogens with two attached hydrogens (primary N) is 1. The molecule has 0 saturated carbocycles. The summed E-state index contributed by atoms with van der Waals surface area (Å²) in [5.74, 6) is -3.92. The Kier molecular flexibility index (Phi) is 11.8. The zero-order valence-electron chi connectivity index (χ0n) is 26.6. The summed E-state index contributed by atoms with van der Waals surface area (Å²) >= 11 is 0. The van der Waals surface area contributed by atoms with Crippen LogP contribution in [0, 0.1) is 0 Å². The second kappa shape index (κ2) is 15.0. The number of hydrogen-bond acceptors (Lipinski definition) is 6. The molecule has 3 N–H and O–H groups in total. The molecule has 1 fully saturated rings. The highest BCUT2D eigenvalue weighted by Crippen LogP contribution is 2.38. The van der Waals surface area contributed by atoms with E-state index in [0.717, 1.165) is 29.1 Å². The van der Waals surface area contributed by atoms with E-state index >= 15 is 0 Å². The van der Waals surface area contributed by atoms with Gasteiger partial charge in [0.15, 0.2) is 5.69 Å². The van der Waals surface area contributed by atoms with E-state index in [-0.39, 0.29) is 29.6 Å². The van der Waals surface area contributed by atoms with E-state index in [1.54, 1.807) is 27.7 Å². The van der Waals surface area contributed by atoms with E-state index in [1.807, 2.05) is 0 Å². The van der Waals surface area contributed by atoms with Gasteiger partial charge in [0.1, 0.15) is 18.2 Å². The van der Waals surface area contributed by atoms with Crippen molar-refractivity contribution in [3.8, 4) is 0 Å². The van der Waals surface area contributed by atoms with Crippen LogP contribution in [-0.2, 0) is 31.6 Å². The number of nitrogens with zero attached hydrogens (tertiary/aromatic N) is 3. The lowest BCUT2D eigenvalue weighted by atomic mass is 9.79. The fourth-order valence-electron chi connectivity index (χ4n) is 4.53. The first-order valence-electron chi connectivity index (χ1n) is 14.4. The molecule has 9 nitrogen and oxygen atoms in total. The molecule has 0 aliphatic carbocycles. The molecule has 1 aliphatic heterocycles. The first kappa shape index (κ1) is 37.8. The van der Waals surface area contributed by atoms with Gasteiger partial charge < -0.3 is 20.4 Å². The average molecular weight is 677 g/mol. The Hall–Kier alpha value is -4.70. The normalized spacial score (nSPS) is 17.5. The molecule has 1 aliphatic rings. The average Bonchev–Trinajstić information content (AvgIpc) is 3.49. The molecular formula is C32H34BF6N5O4. The summed E-state index contributed by atoms with van der Waals surface area (Å²) in [5, 5.41) is 6.23. The number of aromatic nitrogens is 3. The van der Waals surface area contributed by atoms with Crippen molar-refractivity contribution in [2.24, 2.45) is 5.73 Å². The van der Waals surface area contributed by atoms with Crippen molar-refractivity contribution < 1.29 is 45.2 Å². The van der Waals surface area contributed by atoms with E-state index in [0.29, 0.717) is 6.08 Å². The molecule has 3 rings (SSSR count). The van der Waals surface area contributed by atoms with Crippen LogP contribution in [0.1, 0.15) is 57.1 Å². The maximum atomic E-state index is 14.2. The van der Waals surface area contributed by atoms with Gasteiger partial charge in [-0.2, -0.15) is 18.3 Å². The molecule has 256 valence electrons. The SMILES string of the molecule is C=C/C(F)=C(\C=C\c1cccnc1[C@H](CC(=C)/C=C(F)\C=C\F)NC(=O)Cn1cc(B2OC(C)(C)C(C)(C)O2)c(C(F)(F)F)n1)C(N)=O. The number of allylic oxidation sites excluding steroid dienone is 5. The second-order valence-electron chi connectivity index (χ2n) is 11.7. The number of carbonyl (C=O) groups is 2. The standard InChI is InChI=1S/C32H34BF6N5O4/c1-7-24(36)22(29(40)46)11-10-20-9-8-14-41-27(20)25(16-19(2)15-21(35)12-13-34)42-26(45)18-44-17-23(28(43-44)32(37,38)39)33-47-30(3,4)31(5,6)48-33/h7-15,17,25H,1-2,16,18H2,3-6H3,(H2,40,46)(H,42,45)/b11-10+,13-12+,21-15+,24-22-/t25-/m0/s1. The van der Waals surface area contributed by atoms with Crippen LogP contribution >= 0.6 is 0 Å². The highest BCUT2D eigenvalue weighted by atomic mass is 19.4. The van der Waals surface area contributed by atoms with Gasteiger partial charge in [-0.25, -0.2) is 13.2 Å². The highest BCUT2D eigenvalue weighted by molar-refractivity contribution is 6.62. The van der Waals surface area contributed by atoms with Crippen LogP contribution in [0.25, 0.3) is 6.08 Å². The van der Waals surface area contributed by atoms with Gasteiger partial charge in [0.2, 0.25) is 5.91 Å². The minimum Gasteiger partial charge on any atom is -0.399 e. The summed E-state index contributed by atoms with van der Waals surface area (Å²) in [6.45, 7) is 13.0. The van der Waals surface area contributed by atoms with Crippen molar-refractivity contribution in [3.63, 3.8) is 0 Å². The topological polar surface area (TPSA) is 121 Å². The smallest absolute Gasteiger partial charge is 0.399 e. The second-order valence-corrected chi connectivity index (χ2v) is 11.7. The van der Waals surface area contributed by atoms with E-state index in [1.165, 1.54) is 24.4 Å². The minimum atomic E-state index is -4.91. The van der Waals surface area contributed by atoms with Gasteiger partial charge >= 0.3 is 13.3 Å². The highest BCUT2D eigenvalue weighted by Gasteiger charge is 2.54. The minimum absolute atomic E-state index is 0.0244. The molecule has 0 unspecified atom stereocenters. The van der Waals surface area contributed by atoms with Gasteiger partial charge in [0, 0.05) is 23.9 Å². The van der Waals surface area contributed by atoms with Crippen LogP contribution in [0.5, 0.6) is 0 Å². The Bertz CT molecular complexity index is 1680. The van der Waals surface area contributed by atoms with Crippen LogP contribution in [0.4, 0.5) is 26.3 Å². The van der Waals surface area contributed by atoms with Crippen molar-refractivity contribution in [2.45, 2.75) is 64.1 Å². The first-order valence-corrected chi connectivity index (χ1v) is 14.4. The summed E-state index contributed by atoms with van der Waals surface area (Å²) in [4.78, 5) is 29.4. The molecule has 0 aromatic carbocycles. The zero-order valence-corrected chi connectivity index (χ0v) is 26.6. The number of halogens is 6. The quantitative estimate of drug-likeness (QED) is 0.123. The van der Waals surface area contributed by atoms with Gasteiger partial charge in [-0.3, -0.25) is 19.3 Å². The summed E-state index contributed by atoms with van der Waals surface area (Å²) < 4.78 is 95.1. The number of primary amides is 1. The third-order valence-corrected chi connectivity index (χ3v) is 7.57. The number of nitrogens with one attached hydrogen (secondary N) is 1. The fourth-order valence-corrected chi connectivity index (χ4v) is 4.53. The molecule has 2 aromatic heterocycles. The van der Waals surface area contributed by atoms with Crippen molar-refractivity contribution in [2.75, 3.05) is 0 Å². The monoisotopic (exact) mass is 677 g/mol. The number of rotatable bonds is 13. The Morgan fingerprint density at radius 1 is 1.17 bits per heavy atom. The van der Waals surface area contributed by atoms with Gasteiger partial charge in [-0.15, -0.1) is 0 Å². The number of carbonyl (C=O) groups excluding carboxylic acids is 2. The molecule has 0 spiro atoms. The van der Waals surface area contributed by atoms with E-state index in [4.69, 9.17) is 15.0 Å².